The van der Waals surface area contributed by atoms with E-state index in [0.717, 1.165) is 16.5 Å². The topological polar surface area (TPSA) is 152 Å². The van der Waals surface area contributed by atoms with Gasteiger partial charge >= 0.3 is 6.03 Å². The standard InChI is InChI=1S/C20H13IN10O/c1-31(21)20(32)26-13-2-10(5-23-8-13)11-3-14-17(29-30-18(14)25-7-11)19-27-15-9-24-6-12(4-22)16(15)28-19/h2-3,5-9H,1H3,(H,26,32)(H,27,28)(H,25,29,30). The Kier molecular flexibility index (Phi) is 4.86. The lowest BCUT2D eigenvalue weighted by Gasteiger charge is -2.10. The van der Waals surface area contributed by atoms with Gasteiger partial charge in [-0.05, 0) is 12.1 Å². The first-order valence-corrected chi connectivity index (χ1v) is 10.2. The maximum atomic E-state index is 11.9. The summed E-state index contributed by atoms with van der Waals surface area (Å²) in [6, 6.07) is 5.58. The van der Waals surface area contributed by atoms with Crippen LogP contribution in [0.2, 0.25) is 0 Å². The van der Waals surface area contributed by atoms with E-state index in [2.05, 4.69) is 46.5 Å². The molecule has 0 aliphatic carbocycles. The monoisotopic (exact) mass is 536 g/mol. The number of carbonyl (C=O) groups is 1. The zero-order chi connectivity index (χ0) is 22.2. The number of nitriles is 1. The Labute approximate surface area is 194 Å². The second-order valence-corrected chi connectivity index (χ2v) is 8.29. The lowest BCUT2D eigenvalue weighted by molar-refractivity contribution is 0.245. The van der Waals surface area contributed by atoms with Gasteiger partial charge in [-0.25, -0.2) is 14.8 Å². The number of hydrogen-bond acceptors (Lipinski definition) is 7. The zero-order valence-corrected chi connectivity index (χ0v) is 18.6. The highest BCUT2D eigenvalue weighted by Gasteiger charge is 2.16. The Hall–Kier alpha value is -4.12. The van der Waals surface area contributed by atoms with Gasteiger partial charge in [0.2, 0.25) is 0 Å². The molecule has 11 nitrogen and oxygen atoms in total. The van der Waals surface area contributed by atoms with Gasteiger partial charge in [0.05, 0.1) is 57.4 Å². The number of rotatable bonds is 3. The van der Waals surface area contributed by atoms with Crippen molar-refractivity contribution in [3.63, 3.8) is 0 Å². The number of carbonyl (C=O) groups excluding carboxylic acids is 1. The predicted molar refractivity (Wildman–Crippen MR) is 126 cm³/mol. The van der Waals surface area contributed by atoms with Gasteiger partial charge in [-0.1, -0.05) is 0 Å². The number of fused-ring (bicyclic) bond motifs is 2. The quantitative estimate of drug-likeness (QED) is 0.235. The average Bonchev–Trinajstić information content (AvgIpc) is 3.42. The van der Waals surface area contributed by atoms with E-state index in [1.54, 1.807) is 31.8 Å². The van der Waals surface area contributed by atoms with Crippen LogP contribution in [0.1, 0.15) is 5.56 Å². The van der Waals surface area contributed by atoms with Crippen molar-refractivity contribution in [3.8, 4) is 28.7 Å². The molecule has 0 radical (unpaired) electrons. The number of anilines is 1. The summed E-state index contributed by atoms with van der Waals surface area (Å²) in [7, 11) is 1.65. The summed E-state index contributed by atoms with van der Waals surface area (Å²) in [5.41, 5.74) is 4.87. The van der Waals surface area contributed by atoms with Gasteiger partial charge in [0, 0.05) is 36.8 Å². The van der Waals surface area contributed by atoms with Crippen molar-refractivity contribution in [2.45, 2.75) is 0 Å². The van der Waals surface area contributed by atoms with E-state index in [-0.39, 0.29) is 6.03 Å². The summed E-state index contributed by atoms with van der Waals surface area (Å²) in [5, 5.41) is 20.1. The molecular weight excluding hydrogens is 523 g/mol. The number of imidazole rings is 1. The van der Waals surface area contributed by atoms with Crippen molar-refractivity contribution >= 4 is 56.6 Å². The lowest BCUT2D eigenvalue weighted by Crippen LogP contribution is -2.22. The number of H-pyrrole nitrogens is 2. The largest absolute Gasteiger partial charge is 0.335 e. The lowest BCUT2D eigenvalue weighted by atomic mass is 10.1. The number of pyridine rings is 3. The Morgan fingerprint density at radius 3 is 2.78 bits per heavy atom. The van der Waals surface area contributed by atoms with Crippen LogP contribution in [0, 0.1) is 11.3 Å². The number of hydrogen-bond donors (Lipinski definition) is 3. The SMILES string of the molecule is CN(I)C(=O)Nc1cncc(-c2cnc3n[nH]c(-c4nc5c(C#N)cncc5[nH]4)c3c2)c1. The third-order valence-corrected chi connectivity index (χ3v) is 5.20. The maximum absolute atomic E-state index is 11.9. The van der Waals surface area contributed by atoms with E-state index in [9.17, 15) is 10.1 Å². The van der Waals surface area contributed by atoms with E-state index in [0.29, 0.717) is 39.4 Å². The fourth-order valence-corrected chi connectivity index (χ4v) is 3.36. The minimum atomic E-state index is -0.258. The first-order valence-electron chi connectivity index (χ1n) is 9.27. The smallest absolute Gasteiger partial charge is 0.330 e. The van der Waals surface area contributed by atoms with Crippen LogP contribution in [0.25, 0.3) is 44.7 Å². The summed E-state index contributed by atoms with van der Waals surface area (Å²) in [4.78, 5) is 32.4. The van der Waals surface area contributed by atoms with E-state index in [1.165, 1.54) is 9.31 Å². The van der Waals surface area contributed by atoms with Crippen LogP contribution in [-0.4, -0.2) is 51.3 Å². The van der Waals surface area contributed by atoms with E-state index < -0.39 is 0 Å². The van der Waals surface area contributed by atoms with Gasteiger partial charge in [-0.2, -0.15) is 10.4 Å². The second-order valence-electron chi connectivity index (χ2n) is 6.84. The maximum Gasteiger partial charge on any atom is 0.330 e. The molecule has 0 saturated carbocycles. The first-order chi connectivity index (χ1) is 15.5. The highest BCUT2D eigenvalue weighted by molar-refractivity contribution is 14.1. The Bertz CT molecular complexity index is 1530. The van der Waals surface area contributed by atoms with Crippen molar-refractivity contribution in [2.24, 2.45) is 0 Å². The van der Waals surface area contributed by atoms with Crippen LogP contribution in [-0.2, 0) is 0 Å². The molecule has 32 heavy (non-hydrogen) atoms. The molecule has 0 bridgehead atoms. The van der Waals surface area contributed by atoms with Crippen molar-refractivity contribution in [2.75, 3.05) is 12.4 Å². The van der Waals surface area contributed by atoms with E-state index >= 15 is 0 Å². The summed E-state index contributed by atoms with van der Waals surface area (Å²) in [5.74, 6) is 0.523. The third kappa shape index (κ3) is 3.48. The third-order valence-electron chi connectivity index (χ3n) is 4.76. The summed E-state index contributed by atoms with van der Waals surface area (Å²) in [6.45, 7) is 0. The van der Waals surface area contributed by atoms with Crippen molar-refractivity contribution < 1.29 is 4.79 Å². The van der Waals surface area contributed by atoms with Gasteiger partial charge in [-0.3, -0.25) is 18.2 Å². The van der Waals surface area contributed by atoms with Crippen LogP contribution in [0.5, 0.6) is 0 Å². The van der Waals surface area contributed by atoms with Gasteiger partial charge in [0.25, 0.3) is 0 Å². The molecule has 5 aromatic heterocycles. The van der Waals surface area contributed by atoms with Crippen LogP contribution >= 0.6 is 22.9 Å². The van der Waals surface area contributed by atoms with E-state index in [4.69, 9.17) is 0 Å². The molecule has 3 N–H and O–H groups in total. The van der Waals surface area contributed by atoms with Gasteiger partial charge in [-0.15, -0.1) is 0 Å². The van der Waals surface area contributed by atoms with Crippen LogP contribution in [0.15, 0.2) is 43.1 Å². The molecule has 5 heterocycles. The molecule has 5 aromatic rings. The number of halogens is 1. The fraction of sp³-hybridized carbons (Fsp3) is 0.0500. The number of amides is 2. The summed E-state index contributed by atoms with van der Waals surface area (Å²) >= 11 is 1.89. The number of nitrogens with zero attached hydrogens (tertiary/aromatic N) is 7. The number of aromatic amines is 2. The molecule has 0 aliphatic rings. The number of aromatic nitrogens is 7. The number of nitrogens with one attached hydrogen (secondary N) is 3. The molecule has 0 unspecified atom stereocenters. The fourth-order valence-electron chi connectivity index (χ4n) is 3.24. The summed E-state index contributed by atoms with van der Waals surface area (Å²) < 4.78 is 1.41. The van der Waals surface area contributed by atoms with Crippen LogP contribution in [0.4, 0.5) is 10.5 Å². The molecule has 2 amide bonds. The van der Waals surface area contributed by atoms with Crippen molar-refractivity contribution in [1.82, 2.24) is 38.2 Å². The molecular formula is C20H13IN10O. The molecule has 0 aromatic carbocycles. The molecule has 5 rings (SSSR count). The predicted octanol–water partition coefficient (Wildman–Crippen LogP) is 3.64. The van der Waals surface area contributed by atoms with Crippen LogP contribution < -0.4 is 5.32 Å². The first kappa shape index (κ1) is 19.8. The van der Waals surface area contributed by atoms with Gasteiger partial charge in [0.1, 0.15) is 17.3 Å². The number of urea groups is 1. The minimum absolute atomic E-state index is 0.258. The molecule has 0 spiro atoms. The molecule has 12 heteroatoms. The highest BCUT2D eigenvalue weighted by Crippen LogP contribution is 2.30. The normalized spacial score (nSPS) is 10.9. The highest BCUT2D eigenvalue weighted by atomic mass is 127. The molecule has 0 aliphatic heterocycles. The van der Waals surface area contributed by atoms with Crippen molar-refractivity contribution in [1.29, 1.82) is 5.26 Å². The Balaban J connectivity index is 1.57. The van der Waals surface area contributed by atoms with Gasteiger partial charge < -0.3 is 10.3 Å². The molecule has 0 atom stereocenters. The molecule has 156 valence electrons. The summed E-state index contributed by atoms with van der Waals surface area (Å²) in [6.07, 6.45) is 8.06. The minimum Gasteiger partial charge on any atom is -0.335 e. The Morgan fingerprint density at radius 1 is 1.16 bits per heavy atom. The molecule has 0 fully saturated rings. The second kappa shape index (κ2) is 7.85. The average molecular weight is 536 g/mol. The zero-order valence-electron chi connectivity index (χ0n) is 16.5. The van der Waals surface area contributed by atoms with Crippen LogP contribution in [0.3, 0.4) is 0 Å². The van der Waals surface area contributed by atoms with E-state index in [1.807, 2.05) is 35.0 Å². The van der Waals surface area contributed by atoms with Gasteiger partial charge in [0.15, 0.2) is 11.5 Å². The molecule has 0 saturated heterocycles. The van der Waals surface area contributed by atoms with Crippen molar-refractivity contribution in [3.05, 3.63) is 48.7 Å². The Morgan fingerprint density at radius 2 is 1.97 bits per heavy atom.